The van der Waals surface area contributed by atoms with Crippen LogP contribution in [0.15, 0.2) is 42.5 Å². The van der Waals surface area contributed by atoms with E-state index in [1.165, 1.54) is 7.11 Å². The fourth-order valence-corrected chi connectivity index (χ4v) is 2.39. The van der Waals surface area contributed by atoms with Crippen LogP contribution in [0.3, 0.4) is 0 Å². The first-order valence-corrected chi connectivity index (χ1v) is 7.88. The summed E-state index contributed by atoms with van der Waals surface area (Å²) in [5.74, 6) is 0.190. The van der Waals surface area contributed by atoms with E-state index in [0.29, 0.717) is 23.7 Å². The number of carbonyl (C=O) groups is 1. The van der Waals surface area contributed by atoms with Crippen molar-refractivity contribution < 1.29 is 19.4 Å². The van der Waals surface area contributed by atoms with Gasteiger partial charge in [0.15, 0.2) is 0 Å². The Bertz CT molecular complexity index is 747. The van der Waals surface area contributed by atoms with Crippen molar-refractivity contribution in [2.75, 3.05) is 13.7 Å². The summed E-state index contributed by atoms with van der Waals surface area (Å²) >= 11 is 0. The van der Waals surface area contributed by atoms with Crippen molar-refractivity contribution in [2.24, 2.45) is 0 Å². The van der Waals surface area contributed by atoms with Gasteiger partial charge < -0.3 is 14.6 Å². The molecule has 0 aromatic heterocycles. The zero-order chi connectivity index (χ0) is 17.5. The molecule has 4 heteroatoms. The van der Waals surface area contributed by atoms with Crippen LogP contribution in [0.2, 0.25) is 0 Å². The van der Waals surface area contributed by atoms with Gasteiger partial charge in [0, 0.05) is 11.1 Å². The van der Waals surface area contributed by atoms with E-state index >= 15 is 0 Å². The monoisotopic (exact) mass is 326 g/mol. The molecular formula is C20H22O4. The number of hydrogen-bond donors (Lipinski definition) is 1. The van der Waals surface area contributed by atoms with Gasteiger partial charge in [0.2, 0.25) is 0 Å². The van der Waals surface area contributed by atoms with E-state index in [-0.39, 0.29) is 5.57 Å². The van der Waals surface area contributed by atoms with Crippen molar-refractivity contribution in [3.63, 3.8) is 0 Å². The zero-order valence-electron chi connectivity index (χ0n) is 14.2. The number of carboxylic acid groups (broad SMARTS) is 1. The molecule has 0 amide bonds. The molecule has 0 saturated heterocycles. The number of carboxylic acids is 1. The Morgan fingerprint density at radius 3 is 2.58 bits per heavy atom. The highest BCUT2D eigenvalue weighted by atomic mass is 16.5. The number of aliphatic carboxylic acids is 1. The van der Waals surface area contributed by atoms with Crippen molar-refractivity contribution in [1.29, 1.82) is 0 Å². The van der Waals surface area contributed by atoms with Crippen LogP contribution in [0.25, 0.3) is 11.6 Å². The van der Waals surface area contributed by atoms with Gasteiger partial charge in [-0.15, -0.1) is 0 Å². The Kier molecular flexibility index (Phi) is 6.01. The van der Waals surface area contributed by atoms with Crippen LogP contribution < -0.4 is 9.47 Å². The average Bonchev–Trinajstić information content (AvgIpc) is 2.58. The van der Waals surface area contributed by atoms with Crippen molar-refractivity contribution in [3.8, 4) is 11.5 Å². The first-order chi connectivity index (χ1) is 11.6. The highest BCUT2D eigenvalue weighted by Crippen LogP contribution is 2.31. The topological polar surface area (TPSA) is 55.8 Å². The molecule has 2 rings (SSSR count). The maximum atomic E-state index is 11.8. The quantitative estimate of drug-likeness (QED) is 0.604. The third kappa shape index (κ3) is 4.16. The molecule has 2 aromatic rings. The Labute approximate surface area is 142 Å². The molecule has 4 nitrogen and oxygen atoms in total. The predicted octanol–water partition coefficient (Wildman–Crippen LogP) is 4.42. The predicted molar refractivity (Wildman–Crippen MR) is 95.5 cm³/mol. The lowest BCUT2D eigenvalue weighted by Gasteiger charge is -2.12. The molecule has 0 bridgehead atoms. The van der Waals surface area contributed by atoms with E-state index in [2.05, 4.69) is 0 Å². The molecule has 1 N–H and O–H groups in total. The van der Waals surface area contributed by atoms with Gasteiger partial charge in [-0.3, -0.25) is 0 Å². The van der Waals surface area contributed by atoms with Crippen LogP contribution >= 0.6 is 0 Å². The highest BCUT2D eigenvalue weighted by Gasteiger charge is 2.16. The van der Waals surface area contributed by atoms with Gasteiger partial charge in [-0.1, -0.05) is 36.8 Å². The van der Waals surface area contributed by atoms with Crippen LogP contribution in [-0.4, -0.2) is 24.8 Å². The zero-order valence-corrected chi connectivity index (χ0v) is 14.2. The maximum Gasteiger partial charge on any atom is 0.336 e. The normalized spacial score (nSPS) is 11.2. The molecule has 0 spiro atoms. The van der Waals surface area contributed by atoms with Crippen LogP contribution in [0.5, 0.6) is 11.5 Å². The van der Waals surface area contributed by atoms with Crippen LogP contribution in [0, 0.1) is 6.92 Å². The largest absolute Gasteiger partial charge is 0.496 e. The molecule has 0 radical (unpaired) electrons. The SMILES string of the molecule is CCCOc1ccccc1/C=C(\C(=O)O)c1cc(C)ccc1OC. The molecule has 2 aromatic carbocycles. The third-order valence-electron chi connectivity index (χ3n) is 3.56. The number of methoxy groups -OCH3 is 1. The Balaban J connectivity index is 2.55. The van der Waals surface area contributed by atoms with Gasteiger partial charge in [0.05, 0.1) is 19.3 Å². The summed E-state index contributed by atoms with van der Waals surface area (Å²) in [5, 5.41) is 9.70. The number of ether oxygens (including phenoxy) is 2. The van der Waals surface area contributed by atoms with Gasteiger partial charge >= 0.3 is 5.97 Å². The van der Waals surface area contributed by atoms with Crippen LogP contribution in [0.4, 0.5) is 0 Å². The maximum absolute atomic E-state index is 11.8. The molecule has 0 aliphatic heterocycles. The molecule has 0 atom stereocenters. The molecule has 0 unspecified atom stereocenters. The molecule has 24 heavy (non-hydrogen) atoms. The summed E-state index contributed by atoms with van der Waals surface area (Å²) < 4.78 is 11.0. The number of aryl methyl sites for hydroxylation is 1. The summed E-state index contributed by atoms with van der Waals surface area (Å²) in [5.41, 5.74) is 2.42. The first kappa shape index (κ1) is 17.6. The van der Waals surface area contributed by atoms with E-state index in [1.54, 1.807) is 12.1 Å². The lowest BCUT2D eigenvalue weighted by atomic mass is 9.99. The molecule has 0 saturated carbocycles. The fourth-order valence-electron chi connectivity index (χ4n) is 2.39. The summed E-state index contributed by atoms with van der Waals surface area (Å²) in [6.45, 7) is 4.53. The molecule has 126 valence electrons. The number of benzene rings is 2. The molecule has 0 heterocycles. The van der Waals surface area contributed by atoms with Crippen molar-refractivity contribution >= 4 is 17.6 Å². The summed E-state index contributed by atoms with van der Waals surface area (Å²) in [6.07, 6.45) is 2.51. The second kappa shape index (κ2) is 8.20. The minimum atomic E-state index is -1.01. The van der Waals surface area contributed by atoms with Crippen molar-refractivity contribution in [1.82, 2.24) is 0 Å². The van der Waals surface area contributed by atoms with Gasteiger partial charge in [-0.2, -0.15) is 0 Å². The number of rotatable bonds is 7. The second-order valence-electron chi connectivity index (χ2n) is 5.45. The fraction of sp³-hybridized carbons (Fsp3) is 0.250. The van der Waals surface area contributed by atoms with E-state index < -0.39 is 5.97 Å². The van der Waals surface area contributed by atoms with Crippen molar-refractivity contribution in [2.45, 2.75) is 20.3 Å². The van der Waals surface area contributed by atoms with E-state index in [9.17, 15) is 9.90 Å². The van der Waals surface area contributed by atoms with E-state index in [4.69, 9.17) is 9.47 Å². The Hall–Kier alpha value is -2.75. The average molecular weight is 326 g/mol. The summed E-state index contributed by atoms with van der Waals surface area (Å²) in [6, 6.07) is 12.9. The van der Waals surface area contributed by atoms with E-state index in [0.717, 1.165) is 17.5 Å². The molecule has 0 aliphatic carbocycles. The second-order valence-corrected chi connectivity index (χ2v) is 5.45. The molecule has 0 fully saturated rings. The standard InChI is InChI=1S/C20H22O4/c1-4-11-24-18-8-6-5-7-15(18)13-17(20(21)22)16-12-14(2)9-10-19(16)23-3/h5-10,12-13H,4,11H2,1-3H3,(H,21,22)/b17-13-. The summed E-state index contributed by atoms with van der Waals surface area (Å²) in [4.78, 5) is 11.8. The number of para-hydroxylation sites is 1. The Morgan fingerprint density at radius 1 is 1.17 bits per heavy atom. The minimum Gasteiger partial charge on any atom is -0.496 e. The lowest BCUT2D eigenvalue weighted by molar-refractivity contribution is -0.130. The highest BCUT2D eigenvalue weighted by molar-refractivity contribution is 6.21. The van der Waals surface area contributed by atoms with Gasteiger partial charge in [0.1, 0.15) is 11.5 Å². The Morgan fingerprint density at radius 2 is 1.92 bits per heavy atom. The molecular weight excluding hydrogens is 304 g/mol. The van der Waals surface area contributed by atoms with Crippen molar-refractivity contribution in [3.05, 3.63) is 59.2 Å². The van der Waals surface area contributed by atoms with Gasteiger partial charge in [0.25, 0.3) is 0 Å². The minimum absolute atomic E-state index is 0.170. The van der Waals surface area contributed by atoms with E-state index in [1.807, 2.05) is 50.2 Å². The van der Waals surface area contributed by atoms with Gasteiger partial charge in [-0.05, 0) is 37.6 Å². The third-order valence-corrected chi connectivity index (χ3v) is 3.56. The van der Waals surface area contributed by atoms with Crippen LogP contribution in [-0.2, 0) is 4.79 Å². The van der Waals surface area contributed by atoms with Gasteiger partial charge in [-0.25, -0.2) is 4.79 Å². The lowest BCUT2D eigenvalue weighted by Crippen LogP contribution is -2.03. The number of hydrogen-bond acceptors (Lipinski definition) is 3. The first-order valence-electron chi connectivity index (χ1n) is 7.88. The van der Waals surface area contributed by atoms with Crippen LogP contribution in [0.1, 0.15) is 30.0 Å². The smallest absolute Gasteiger partial charge is 0.336 e. The molecule has 0 aliphatic rings. The summed E-state index contributed by atoms with van der Waals surface area (Å²) in [7, 11) is 1.53.